The molecule has 11 heavy (non-hydrogen) atoms. The Balaban J connectivity index is 2.60. The SMILES string of the molecule is NS(=O)(=O)N1CNCC(S)C1. The Labute approximate surface area is 71.5 Å². The van der Waals surface area contributed by atoms with Crippen LogP contribution in [0.2, 0.25) is 0 Å². The van der Waals surface area contributed by atoms with E-state index < -0.39 is 10.2 Å². The van der Waals surface area contributed by atoms with Crippen molar-refractivity contribution in [2.24, 2.45) is 5.14 Å². The van der Waals surface area contributed by atoms with Gasteiger partial charge >= 0.3 is 0 Å². The summed E-state index contributed by atoms with van der Waals surface area (Å²) < 4.78 is 22.7. The van der Waals surface area contributed by atoms with Crippen molar-refractivity contribution in [3.63, 3.8) is 0 Å². The Kier molecular flexibility index (Phi) is 2.76. The van der Waals surface area contributed by atoms with Crippen molar-refractivity contribution in [1.29, 1.82) is 0 Å². The van der Waals surface area contributed by atoms with E-state index >= 15 is 0 Å². The molecule has 1 rings (SSSR count). The van der Waals surface area contributed by atoms with Crippen LogP contribution in [0.25, 0.3) is 0 Å². The molecule has 1 unspecified atom stereocenters. The van der Waals surface area contributed by atoms with E-state index in [2.05, 4.69) is 17.9 Å². The van der Waals surface area contributed by atoms with Gasteiger partial charge in [-0.2, -0.15) is 25.4 Å². The second kappa shape index (κ2) is 3.28. The Morgan fingerprint density at radius 2 is 2.27 bits per heavy atom. The summed E-state index contributed by atoms with van der Waals surface area (Å²) in [5.74, 6) is 0. The Bertz CT molecular complexity index is 227. The molecule has 3 N–H and O–H groups in total. The second-order valence-corrected chi connectivity index (χ2v) is 4.72. The molecule has 0 bridgehead atoms. The van der Waals surface area contributed by atoms with Gasteiger partial charge in [-0.25, -0.2) is 5.14 Å². The van der Waals surface area contributed by atoms with Crippen LogP contribution < -0.4 is 10.5 Å². The maximum Gasteiger partial charge on any atom is 0.278 e. The van der Waals surface area contributed by atoms with E-state index in [1.807, 2.05) is 0 Å². The number of nitrogens with one attached hydrogen (secondary N) is 1. The Morgan fingerprint density at radius 1 is 1.64 bits per heavy atom. The summed E-state index contributed by atoms with van der Waals surface area (Å²) in [4.78, 5) is 0. The lowest BCUT2D eigenvalue weighted by molar-refractivity contribution is 0.337. The molecule has 0 amide bonds. The molecule has 1 aliphatic rings. The molecular weight excluding hydrogens is 186 g/mol. The first kappa shape index (κ1) is 9.27. The van der Waals surface area contributed by atoms with Crippen molar-refractivity contribution in [3.05, 3.63) is 0 Å². The van der Waals surface area contributed by atoms with Gasteiger partial charge in [0.05, 0.1) is 6.67 Å². The molecule has 1 aliphatic heterocycles. The predicted molar refractivity (Wildman–Crippen MR) is 45.5 cm³/mol. The van der Waals surface area contributed by atoms with Gasteiger partial charge in [0, 0.05) is 18.3 Å². The molecule has 0 radical (unpaired) electrons. The average molecular weight is 197 g/mol. The lowest BCUT2D eigenvalue weighted by Crippen LogP contribution is -2.52. The van der Waals surface area contributed by atoms with Gasteiger partial charge in [-0.1, -0.05) is 0 Å². The molecule has 1 heterocycles. The van der Waals surface area contributed by atoms with E-state index in [1.165, 1.54) is 0 Å². The van der Waals surface area contributed by atoms with E-state index in [1.54, 1.807) is 0 Å². The zero-order valence-electron chi connectivity index (χ0n) is 5.90. The van der Waals surface area contributed by atoms with Gasteiger partial charge in [0.25, 0.3) is 10.2 Å². The van der Waals surface area contributed by atoms with Crippen LogP contribution in [-0.4, -0.2) is 37.7 Å². The van der Waals surface area contributed by atoms with Gasteiger partial charge in [0.2, 0.25) is 0 Å². The summed E-state index contributed by atoms with van der Waals surface area (Å²) in [6.45, 7) is 1.39. The highest BCUT2D eigenvalue weighted by atomic mass is 32.2. The van der Waals surface area contributed by atoms with E-state index in [9.17, 15) is 8.42 Å². The lowest BCUT2D eigenvalue weighted by Gasteiger charge is -2.28. The van der Waals surface area contributed by atoms with Crippen LogP contribution in [-0.2, 0) is 10.2 Å². The minimum absolute atomic E-state index is 0.0297. The number of rotatable bonds is 1. The van der Waals surface area contributed by atoms with Crippen molar-refractivity contribution in [3.8, 4) is 0 Å². The van der Waals surface area contributed by atoms with Gasteiger partial charge < -0.3 is 5.32 Å². The molecule has 7 heteroatoms. The van der Waals surface area contributed by atoms with E-state index in [0.29, 0.717) is 6.54 Å². The van der Waals surface area contributed by atoms with E-state index in [4.69, 9.17) is 5.14 Å². The summed E-state index contributed by atoms with van der Waals surface area (Å²) in [6, 6.07) is 0. The highest BCUT2D eigenvalue weighted by Gasteiger charge is 2.23. The fraction of sp³-hybridized carbons (Fsp3) is 1.00. The smallest absolute Gasteiger partial charge is 0.278 e. The number of nitrogens with zero attached hydrogens (tertiary/aromatic N) is 1. The van der Waals surface area contributed by atoms with Crippen LogP contribution >= 0.6 is 12.6 Å². The maximum atomic E-state index is 10.8. The summed E-state index contributed by atoms with van der Waals surface area (Å²) in [5.41, 5.74) is 0. The van der Waals surface area contributed by atoms with Crippen molar-refractivity contribution >= 4 is 22.8 Å². The summed E-state index contributed by atoms with van der Waals surface area (Å²) in [6.07, 6.45) is 0. The van der Waals surface area contributed by atoms with Crippen LogP contribution in [0, 0.1) is 0 Å². The predicted octanol–water partition coefficient (Wildman–Crippen LogP) is -1.65. The van der Waals surface area contributed by atoms with Crippen molar-refractivity contribution in [1.82, 2.24) is 9.62 Å². The third-order valence-corrected chi connectivity index (χ3v) is 2.79. The average Bonchev–Trinajstić information content (AvgIpc) is 1.86. The molecule has 1 fully saturated rings. The van der Waals surface area contributed by atoms with Crippen molar-refractivity contribution in [2.45, 2.75) is 5.25 Å². The first-order valence-corrected chi connectivity index (χ1v) is 5.19. The molecule has 0 aromatic carbocycles. The van der Waals surface area contributed by atoms with Crippen LogP contribution in [0.3, 0.4) is 0 Å². The zero-order valence-corrected chi connectivity index (χ0v) is 7.61. The Morgan fingerprint density at radius 3 is 2.64 bits per heavy atom. The molecule has 0 aliphatic carbocycles. The molecule has 1 saturated heterocycles. The second-order valence-electron chi connectivity index (χ2n) is 2.45. The molecule has 5 nitrogen and oxygen atoms in total. The van der Waals surface area contributed by atoms with Gasteiger partial charge in [-0.05, 0) is 0 Å². The minimum atomic E-state index is -3.54. The molecule has 1 atom stereocenters. The molecule has 0 aromatic rings. The van der Waals surface area contributed by atoms with E-state index in [-0.39, 0.29) is 11.9 Å². The van der Waals surface area contributed by atoms with Crippen LogP contribution in [0.5, 0.6) is 0 Å². The minimum Gasteiger partial charge on any atom is -0.302 e. The summed E-state index contributed by atoms with van der Waals surface area (Å²) in [7, 11) is -3.54. The third kappa shape index (κ3) is 2.60. The highest BCUT2D eigenvalue weighted by Crippen LogP contribution is 2.04. The molecule has 0 aromatic heterocycles. The van der Waals surface area contributed by atoms with Gasteiger partial charge in [0.15, 0.2) is 0 Å². The van der Waals surface area contributed by atoms with Crippen molar-refractivity contribution < 1.29 is 8.42 Å². The zero-order chi connectivity index (χ0) is 8.48. The van der Waals surface area contributed by atoms with Crippen LogP contribution in [0.1, 0.15) is 0 Å². The monoisotopic (exact) mass is 197 g/mol. The number of thiol groups is 1. The first-order valence-electron chi connectivity index (χ1n) is 3.17. The van der Waals surface area contributed by atoms with E-state index in [0.717, 1.165) is 10.8 Å². The largest absolute Gasteiger partial charge is 0.302 e. The lowest BCUT2D eigenvalue weighted by atomic mass is 10.4. The maximum absolute atomic E-state index is 10.8. The van der Waals surface area contributed by atoms with Crippen molar-refractivity contribution in [2.75, 3.05) is 19.8 Å². The standard InChI is InChI=1S/C4H11N3O2S2/c5-11(8,9)7-2-4(10)1-6-3-7/h4,6,10H,1-3H2,(H2,5,8,9). The molecule has 0 spiro atoms. The normalized spacial score (nSPS) is 28.7. The van der Waals surface area contributed by atoms with Crippen LogP contribution in [0.4, 0.5) is 0 Å². The van der Waals surface area contributed by atoms with Gasteiger partial charge in [-0.3, -0.25) is 0 Å². The number of hydrogen-bond acceptors (Lipinski definition) is 4. The molecular formula is C4H11N3O2S2. The quantitative estimate of drug-likeness (QED) is 0.441. The molecule has 66 valence electrons. The number of hydrogen-bond donors (Lipinski definition) is 3. The summed E-state index contributed by atoms with van der Waals surface area (Å²) in [5, 5.41) is 7.81. The summed E-state index contributed by atoms with van der Waals surface area (Å²) >= 11 is 4.13. The van der Waals surface area contributed by atoms with Crippen LogP contribution in [0.15, 0.2) is 0 Å². The van der Waals surface area contributed by atoms with Gasteiger partial charge in [0.1, 0.15) is 0 Å². The topological polar surface area (TPSA) is 75.4 Å². The number of nitrogens with two attached hydrogens (primary N) is 1. The molecule has 0 saturated carbocycles. The first-order chi connectivity index (χ1) is 5.00. The Hall–Kier alpha value is 0.180. The fourth-order valence-corrected chi connectivity index (χ4v) is 2.01. The van der Waals surface area contributed by atoms with Gasteiger partial charge in [-0.15, -0.1) is 0 Å². The highest BCUT2D eigenvalue weighted by molar-refractivity contribution is 7.86. The third-order valence-electron chi connectivity index (χ3n) is 1.44. The fourth-order valence-electron chi connectivity index (χ4n) is 0.914.